The minimum absolute atomic E-state index is 0.657. The molecule has 0 fully saturated rings. The van der Waals surface area contributed by atoms with Crippen molar-refractivity contribution in [1.29, 1.82) is 0 Å². The van der Waals surface area contributed by atoms with Crippen molar-refractivity contribution in [2.45, 2.75) is 6.04 Å². The van der Waals surface area contributed by atoms with Crippen LogP contribution in [0.2, 0.25) is 0 Å². The minimum atomic E-state index is -0.663. The lowest BCUT2D eigenvalue weighted by atomic mass is 10.2. The Balaban J connectivity index is 2.76. The Morgan fingerprint density at radius 1 is 1.78 bits per heavy atom. The van der Waals surface area contributed by atoms with Crippen molar-refractivity contribution in [1.82, 2.24) is 0 Å². The molecule has 1 atom stereocenters. The van der Waals surface area contributed by atoms with E-state index in [2.05, 4.69) is 4.42 Å². The van der Waals surface area contributed by atoms with Crippen molar-refractivity contribution >= 4 is 6.29 Å². The summed E-state index contributed by atoms with van der Waals surface area (Å²) in [7, 11) is 0. The number of carbonyl (C=O) groups excluding carboxylic acids is 1. The molecule has 3 heteroatoms. The zero-order valence-corrected chi connectivity index (χ0v) is 4.70. The molecule has 0 bridgehead atoms. The van der Waals surface area contributed by atoms with Gasteiger partial charge in [0.15, 0.2) is 0 Å². The minimum Gasteiger partial charge on any atom is -0.472 e. The summed E-state index contributed by atoms with van der Waals surface area (Å²) in [4.78, 5) is 9.91. The van der Waals surface area contributed by atoms with Crippen LogP contribution in [0.15, 0.2) is 23.0 Å². The maximum atomic E-state index is 9.91. The first-order valence-electron chi connectivity index (χ1n) is 2.50. The predicted octanol–water partition coefficient (Wildman–Crippen LogP) is 0.389. The fourth-order valence-corrected chi connectivity index (χ4v) is 0.520. The molecule has 1 heterocycles. The largest absolute Gasteiger partial charge is 0.472 e. The Morgan fingerprint density at radius 2 is 2.56 bits per heavy atom. The molecule has 9 heavy (non-hydrogen) atoms. The zero-order chi connectivity index (χ0) is 6.69. The normalized spacial score (nSPS) is 13.0. The molecule has 0 spiro atoms. The van der Waals surface area contributed by atoms with Crippen molar-refractivity contribution in [3.05, 3.63) is 24.2 Å². The molecule has 1 aromatic heterocycles. The highest BCUT2D eigenvalue weighted by Gasteiger charge is 2.04. The summed E-state index contributed by atoms with van der Waals surface area (Å²) < 4.78 is 4.68. The number of furan rings is 1. The highest BCUT2D eigenvalue weighted by Crippen LogP contribution is 2.06. The molecule has 0 amide bonds. The monoisotopic (exact) mass is 124 g/mol. The van der Waals surface area contributed by atoms with Gasteiger partial charge >= 0.3 is 0 Å². The average molecular weight is 124 g/mol. The van der Waals surface area contributed by atoms with Crippen LogP contribution in [0, 0.1) is 0 Å². The van der Waals surface area contributed by atoms with Gasteiger partial charge in [0, 0.05) is 5.56 Å². The highest BCUT2D eigenvalue weighted by atomic mass is 16.3. The number of hydrogen-bond acceptors (Lipinski definition) is 3. The van der Waals surface area contributed by atoms with E-state index in [9.17, 15) is 4.79 Å². The van der Waals surface area contributed by atoms with Crippen LogP contribution in [0.4, 0.5) is 0 Å². The molecular formula is C6H6NO2. The van der Waals surface area contributed by atoms with E-state index in [1.807, 2.05) is 0 Å². The summed E-state index contributed by atoms with van der Waals surface area (Å²) in [5, 5.41) is 0. The van der Waals surface area contributed by atoms with E-state index < -0.39 is 6.04 Å². The topological polar surface area (TPSA) is 56.2 Å². The molecule has 0 aliphatic rings. The standard InChI is InChI=1S/C6H6NO2/c7-6(3-8)5-1-2-9-4-5/h1-2,4,6H,7H2. The summed E-state index contributed by atoms with van der Waals surface area (Å²) in [6, 6.07) is 0.971. The van der Waals surface area contributed by atoms with E-state index in [4.69, 9.17) is 5.73 Å². The Morgan fingerprint density at radius 3 is 3.00 bits per heavy atom. The fourth-order valence-electron chi connectivity index (χ4n) is 0.520. The van der Waals surface area contributed by atoms with Gasteiger partial charge in [-0.2, -0.15) is 0 Å². The number of nitrogens with two attached hydrogens (primary N) is 1. The summed E-state index contributed by atoms with van der Waals surface area (Å²) in [6.07, 6.45) is 4.53. The Labute approximate surface area is 52.5 Å². The third-order valence-electron chi connectivity index (χ3n) is 1.03. The van der Waals surface area contributed by atoms with Crippen LogP contribution in [-0.4, -0.2) is 6.29 Å². The maximum absolute atomic E-state index is 9.91. The Bertz CT molecular complexity index is 181. The third kappa shape index (κ3) is 1.17. The summed E-state index contributed by atoms with van der Waals surface area (Å²) in [6.45, 7) is 0. The molecule has 0 aliphatic carbocycles. The second-order valence-corrected chi connectivity index (χ2v) is 1.65. The van der Waals surface area contributed by atoms with Gasteiger partial charge < -0.3 is 10.2 Å². The molecular weight excluding hydrogens is 118 g/mol. The maximum Gasteiger partial charge on any atom is 0.221 e. The lowest BCUT2D eigenvalue weighted by Gasteiger charge is -1.93. The van der Waals surface area contributed by atoms with Gasteiger partial charge in [0.25, 0.3) is 0 Å². The van der Waals surface area contributed by atoms with Gasteiger partial charge in [-0.25, -0.2) is 0 Å². The van der Waals surface area contributed by atoms with Crippen LogP contribution in [-0.2, 0) is 4.79 Å². The average Bonchev–Trinajstić information content (AvgIpc) is 2.37. The van der Waals surface area contributed by atoms with Gasteiger partial charge in [-0.1, -0.05) is 0 Å². The molecule has 3 nitrogen and oxygen atoms in total. The van der Waals surface area contributed by atoms with Crippen LogP contribution < -0.4 is 5.73 Å². The van der Waals surface area contributed by atoms with E-state index in [1.165, 1.54) is 12.5 Å². The molecule has 47 valence electrons. The summed E-state index contributed by atoms with van der Waals surface area (Å²) in [5.74, 6) is 0. The first-order chi connectivity index (χ1) is 4.34. The van der Waals surface area contributed by atoms with E-state index in [-0.39, 0.29) is 0 Å². The quantitative estimate of drug-likeness (QED) is 0.620. The van der Waals surface area contributed by atoms with E-state index in [1.54, 1.807) is 12.4 Å². The first-order valence-corrected chi connectivity index (χ1v) is 2.50. The van der Waals surface area contributed by atoms with E-state index in [0.29, 0.717) is 5.56 Å². The van der Waals surface area contributed by atoms with Crippen molar-refractivity contribution < 1.29 is 9.21 Å². The second kappa shape index (κ2) is 2.46. The van der Waals surface area contributed by atoms with Gasteiger partial charge in [-0.05, 0) is 6.07 Å². The Kier molecular flexibility index (Phi) is 1.65. The predicted molar refractivity (Wildman–Crippen MR) is 31.3 cm³/mol. The third-order valence-corrected chi connectivity index (χ3v) is 1.03. The lowest BCUT2D eigenvalue weighted by Crippen LogP contribution is -2.09. The lowest BCUT2D eigenvalue weighted by molar-refractivity contribution is 0.539. The zero-order valence-electron chi connectivity index (χ0n) is 4.70. The molecule has 0 aromatic carbocycles. The van der Waals surface area contributed by atoms with Gasteiger partial charge in [0.2, 0.25) is 6.29 Å². The van der Waals surface area contributed by atoms with Crippen LogP contribution in [0.5, 0.6) is 0 Å². The molecule has 0 aliphatic heterocycles. The van der Waals surface area contributed by atoms with Crippen molar-refractivity contribution in [3.8, 4) is 0 Å². The van der Waals surface area contributed by atoms with Crippen LogP contribution >= 0.6 is 0 Å². The van der Waals surface area contributed by atoms with Gasteiger partial charge in [-0.3, -0.25) is 4.79 Å². The number of rotatable bonds is 2. The summed E-state index contributed by atoms with van der Waals surface area (Å²) in [5.41, 5.74) is 5.91. The van der Waals surface area contributed by atoms with Gasteiger partial charge in [0.1, 0.15) is 6.04 Å². The van der Waals surface area contributed by atoms with Gasteiger partial charge in [0.05, 0.1) is 12.5 Å². The van der Waals surface area contributed by atoms with Crippen molar-refractivity contribution in [3.63, 3.8) is 0 Å². The summed E-state index contributed by atoms with van der Waals surface area (Å²) >= 11 is 0. The molecule has 0 saturated carbocycles. The van der Waals surface area contributed by atoms with Crippen LogP contribution in [0.1, 0.15) is 11.6 Å². The van der Waals surface area contributed by atoms with Crippen LogP contribution in [0.3, 0.4) is 0 Å². The molecule has 1 aromatic rings. The van der Waals surface area contributed by atoms with Gasteiger partial charge in [-0.15, -0.1) is 0 Å². The SMILES string of the molecule is NC([C]=O)c1ccoc1. The Hall–Kier alpha value is -1.09. The van der Waals surface area contributed by atoms with Crippen LogP contribution in [0.25, 0.3) is 0 Å². The molecule has 1 unspecified atom stereocenters. The first kappa shape index (κ1) is 6.04. The molecule has 0 saturated heterocycles. The van der Waals surface area contributed by atoms with Crippen molar-refractivity contribution in [2.24, 2.45) is 5.73 Å². The van der Waals surface area contributed by atoms with E-state index >= 15 is 0 Å². The van der Waals surface area contributed by atoms with E-state index in [0.717, 1.165) is 0 Å². The fraction of sp³-hybridized carbons (Fsp3) is 0.167. The smallest absolute Gasteiger partial charge is 0.221 e. The second-order valence-electron chi connectivity index (χ2n) is 1.65. The highest BCUT2D eigenvalue weighted by molar-refractivity contribution is 5.61. The number of hydrogen-bond donors (Lipinski definition) is 1. The molecule has 1 rings (SSSR count). The molecule has 1 radical (unpaired) electrons. The molecule has 2 N–H and O–H groups in total. The van der Waals surface area contributed by atoms with Crippen molar-refractivity contribution in [2.75, 3.05) is 0 Å².